The predicted molar refractivity (Wildman–Crippen MR) is 88.5 cm³/mol. The van der Waals surface area contributed by atoms with E-state index in [2.05, 4.69) is 41.3 Å². The summed E-state index contributed by atoms with van der Waals surface area (Å²) < 4.78 is 5.55. The average Bonchev–Trinajstić information content (AvgIpc) is 2.85. The number of hydrogen-bond acceptors (Lipinski definition) is 3. The van der Waals surface area contributed by atoms with Crippen molar-refractivity contribution in [1.82, 2.24) is 4.37 Å². The van der Waals surface area contributed by atoms with Crippen LogP contribution in [0.3, 0.4) is 0 Å². The van der Waals surface area contributed by atoms with Crippen molar-refractivity contribution in [2.24, 2.45) is 23.7 Å². The first-order chi connectivity index (χ1) is 9.74. The molecule has 1 aromatic heterocycles. The maximum Gasteiger partial charge on any atom is 0.0551 e. The first-order valence-corrected chi connectivity index (χ1v) is 8.61. The van der Waals surface area contributed by atoms with Gasteiger partial charge in [-0.1, -0.05) is 27.7 Å². The van der Waals surface area contributed by atoms with Gasteiger partial charge in [-0.3, -0.25) is 0 Å². The van der Waals surface area contributed by atoms with Crippen molar-refractivity contribution in [3.05, 3.63) is 24.4 Å². The molecule has 1 aromatic carbocycles. The van der Waals surface area contributed by atoms with E-state index in [1.807, 2.05) is 20.0 Å². The molecule has 2 aromatic rings. The van der Waals surface area contributed by atoms with Gasteiger partial charge in [-0.05, 0) is 53.4 Å². The van der Waals surface area contributed by atoms with Crippen molar-refractivity contribution in [2.45, 2.75) is 27.7 Å². The lowest BCUT2D eigenvalue weighted by Gasteiger charge is -2.23. The lowest BCUT2D eigenvalue weighted by atomic mass is 10.0. The van der Waals surface area contributed by atoms with Crippen LogP contribution in [-0.2, 0) is 0 Å². The Morgan fingerprint density at radius 1 is 1.20 bits per heavy atom. The summed E-state index contributed by atoms with van der Waals surface area (Å²) >= 11 is 1.58. The molecular weight excluding hydrogens is 264 g/mol. The van der Waals surface area contributed by atoms with E-state index >= 15 is 0 Å². The molecule has 1 aliphatic carbocycles. The first-order valence-electron chi connectivity index (χ1n) is 7.83. The molecule has 2 heterocycles. The molecule has 1 saturated heterocycles. The molecule has 2 unspecified atom stereocenters. The molecule has 0 bridgehead atoms. The summed E-state index contributed by atoms with van der Waals surface area (Å²) in [5.41, 5.74) is 1.39. The van der Waals surface area contributed by atoms with Gasteiger partial charge in [0.25, 0.3) is 0 Å². The van der Waals surface area contributed by atoms with E-state index in [9.17, 15) is 0 Å². The van der Waals surface area contributed by atoms with Gasteiger partial charge in [0.2, 0.25) is 0 Å². The number of fused-ring (bicyclic) bond motifs is 2. The third kappa shape index (κ3) is 2.22. The number of rotatable bonds is 2. The van der Waals surface area contributed by atoms with Crippen LogP contribution in [0.5, 0.6) is 0 Å². The molecule has 2 fully saturated rings. The molecule has 2 aliphatic rings. The second-order valence-electron chi connectivity index (χ2n) is 6.10. The summed E-state index contributed by atoms with van der Waals surface area (Å²) in [6, 6.07) is 6.77. The van der Waals surface area contributed by atoms with Crippen LogP contribution >= 0.6 is 11.5 Å². The van der Waals surface area contributed by atoms with Crippen molar-refractivity contribution < 1.29 is 0 Å². The SMILES string of the molecule is CC.CC(C)C1C2CN(c3ccc4sncc4c3)CC21. The second-order valence-corrected chi connectivity index (χ2v) is 6.94. The molecule has 0 radical (unpaired) electrons. The molecule has 3 heteroatoms. The molecule has 4 rings (SSSR count). The zero-order valence-corrected chi connectivity index (χ0v) is 13.7. The molecule has 2 atom stereocenters. The number of benzene rings is 1. The highest BCUT2D eigenvalue weighted by molar-refractivity contribution is 7.13. The summed E-state index contributed by atoms with van der Waals surface area (Å²) in [5.74, 6) is 3.78. The second kappa shape index (κ2) is 5.36. The van der Waals surface area contributed by atoms with Crippen molar-refractivity contribution >= 4 is 27.3 Å². The highest BCUT2D eigenvalue weighted by atomic mass is 32.1. The molecule has 20 heavy (non-hydrogen) atoms. The van der Waals surface area contributed by atoms with Gasteiger partial charge in [-0.25, -0.2) is 0 Å². The smallest absolute Gasteiger partial charge is 0.0551 e. The first kappa shape index (κ1) is 13.9. The van der Waals surface area contributed by atoms with Crippen LogP contribution in [0.2, 0.25) is 0 Å². The molecule has 1 saturated carbocycles. The van der Waals surface area contributed by atoms with Gasteiger partial charge in [0.05, 0.1) is 4.70 Å². The fraction of sp³-hybridized carbons (Fsp3) is 0.588. The van der Waals surface area contributed by atoms with E-state index in [4.69, 9.17) is 0 Å². The molecule has 0 amide bonds. The Hall–Kier alpha value is -1.09. The van der Waals surface area contributed by atoms with E-state index in [0.717, 1.165) is 23.7 Å². The minimum Gasteiger partial charge on any atom is -0.371 e. The Bertz CT molecular complexity index is 577. The Labute approximate surface area is 126 Å². The largest absolute Gasteiger partial charge is 0.371 e. The predicted octanol–water partition coefficient (Wildman–Crippen LogP) is 4.66. The van der Waals surface area contributed by atoms with E-state index in [1.165, 1.54) is 28.9 Å². The zero-order valence-electron chi connectivity index (χ0n) is 12.8. The average molecular weight is 288 g/mol. The van der Waals surface area contributed by atoms with Crippen LogP contribution in [0.4, 0.5) is 5.69 Å². The van der Waals surface area contributed by atoms with Crippen LogP contribution < -0.4 is 4.90 Å². The monoisotopic (exact) mass is 288 g/mol. The van der Waals surface area contributed by atoms with Gasteiger partial charge in [0.1, 0.15) is 0 Å². The molecule has 1 aliphatic heterocycles. The maximum atomic E-state index is 4.25. The van der Waals surface area contributed by atoms with Gasteiger partial charge in [-0.2, -0.15) is 4.37 Å². The van der Waals surface area contributed by atoms with Crippen LogP contribution in [0.1, 0.15) is 27.7 Å². The summed E-state index contributed by atoms with van der Waals surface area (Å²) in [6.07, 6.45) is 1.98. The highest BCUT2D eigenvalue weighted by Crippen LogP contribution is 2.56. The van der Waals surface area contributed by atoms with Gasteiger partial charge in [-0.15, -0.1) is 0 Å². The number of piperidine rings is 1. The zero-order chi connectivity index (χ0) is 14.3. The molecular formula is C17H24N2S. The van der Waals surface area contributed by atoms with Crippen molar-refractivity contribution in [2.75, 3.05) is 18.0 Å². The lowest BCUT2D eigenvalue weighted by Crippen LogP contribution is -2.24. The van der Waals surface area contributed by atoms with E-state index in [0.29, 0.717) is 0 Å². The van der Waals surface area contributed by atoms with Crippen LogP contribution in [0.25, 0.3) is 10.1 Å². The summed E-state index contributed by atoms with van der Waals surface area (Å²) in [5, 5.41) is 1.29. The van der Waals surface area contributed by atoms with E-state index in [1.54, 1.807) is 11.5 Å². The number of hydrogen-bond donors (Lipinski definition) is 0. The molecule has 0 spiro atoms. The standard InChI is InChI=1S/C15H18N2S.C2H6/c1-9(2)15-12-7-17(8-13(12)15)11-3-4-14-10(5-11)6-16-18-14;1-2/h3-6,9,12-13,15H,7-8H2,1-2H3;1-2H3. The lowest BCUT2D eigenvalue weighted by molar-refractivity contribution is 0.480. The highest BCUT2D eigenvalue weighted by Gasteiger charge is 2.56. The fourth-order valence-electron chi connectivity index (χ4n) is 3.83. The van der Waals surface area contributed by atoms with Gasteiger partial charge in [0, 0.05) is 30.4 Å². The van der Waals surface area contributed by atoms with Crippen molar-refractivity contribution in [1.29, 1.82) is 0 Å². The minimum absolute atomic E-state index is 0.866. The topological polar surface area (TPSA) is 16.1 Å². The fourth-order valence-corrected chi connectivity index (χ4v) is 4.45. The normalized spacial score (nSPS) is 27.4. The van der Waals surface area contributed by atoms with Crippen LogP contribution in [0.15, 0.2) is 24.4 Å². The summed E-state index contributed by atoms with van der Waals surface area (Å²) in [4.78, 5) is 2.56. The van der Waals surface area contributed by atoms with Gasteiger partial charge < -0.3 is 4.90 Å². The summed E-state index contributed by atoms with van der Waals surface area (Å²) in [6.45, 7) is 11.3. The third-order valence-electron chi connectivity index (χ3n) is 4.73. The van der Waals surface area contributed by atoms with Gasteiger partial charge >= 0.3 is 0 Å². The minimum atomic E-state index is 0.866. The number of nitrogens with zero attached hydrogens (tertiary/aromatic N) is 2. The molecule has 108 valence electrons. The van der Waals surface area contributed by atoms with Crippen LogP contribution in [-0.4, -0.2) is 17.5 Å². The quantitative estimate of drug-likeness (QED) is 0.799. The summed E-state index contributed by atoms with van der Waals surface area (Å²) in [7, 11) is 0. The Kier molecular flexibility index (Phi) is 3.72. The van der Waals surface area contributed by atoms with E-state index < -0.39 is 0 Å². The van der Waals surface area contributed by atoms with Gasteiger partial charge in [0.15, 0.2) is 0 Å². The van der Waals surface area contributed by atoms with Crippen molar-refractivity contribution in [3.63, 3.8) is 0 Å². The van der Waals surface area contributed by atoms with Crippen molar-refractivity contribution in [3.8, 4) is 0 Å². The third-order valence-corrected chi connectivity index (χ3v) is 5.51. The van der Waals surface area contributed by atoms with E-state index in [-0.39, 0.29) is 0 Å². The Balaban J connectivity index is 0.000000581. The number of aromatic nitrogens is 1. The molecule has 0 N–H and O–H groups in total. The number of anilines is 1. The Morgan fingerprint density at radius 3 is 2.55 bits per heavy atom. The van der Waals surface area contributed by atoms with Crippen LogP contribution in [0, 0.1) is 23.7 Å². The molecule has 2 nitrogen and oxygen atoms in total. The maximum absolute atomic E-state index is 4.25. The Morgan fingerprint density at radius 2 is 1.90 bits per heavy atom.